The average Bonchev–Trinajstić information content (AvgIpc) is 1.67. The number of carbonyl (C=O) groups is 1. The summed E-state index contributed by atoms with van der Waals surface area (Å²) < 4.78 is 0. The lowest BCUT2D eigenvalue weighted by molar-refractivity contribution is -0.136. The molecule has 0 aliphatic rings. The van der Waals surface area contributed by atoms with E-state index in [-0.39, 0.29) is 0 Å². The van der Waals surface area contributed by atoms with E-state index in [2.05, 4.69) is 31.9 Å². The third-order valence-electron chi connectivity index (χ3n) is 0.631. The van der Waals surface area contributed by atoms with E-state index in [4.69, 9.17) is 5.11 Å². The van der Waals surface area contributed by atoms with Gasteiger partial charge in [0.1, 0.15) is 4.83 Å². The van der Waals surface area contributed by atoms with Gasteiger partial charge in [0, 0.05) is 5.33 Å². The number of carboxylic acid groups (broad SMARTS) is 1. The third kappa shape index (κ3) is 3.43. The van der Waals surface area contributed by atoms with Crippen LogP contribution in [0.15, 0.2) is 0 Å². The molecule has 0 saturated carbocycles. The summed E-state index contributed by atoms with van der Waals surface area (Å²) in [6.45, 7) is 0. The van der Waals surface area contributed by atoms with Crippen LogP contribution in [0.1, 0.15) is 6.42 Å². The summed E-state index contributed by atoms with van der Waals surface area (Å²) in [6.07, 6.45) is 0.620. The zero-order valence-electron chi connectivity index (χ0n) is 4.10. The van der Waals surface area contributed by atoms with Crippen molar-refractivity contribution in [1.29, 1.82) is 0 Å². The maximum absolute atomic E-state index is 10.0. The predicted molar refractivity (Wildman–Crippen MR) is 38.8 cm³/mol. The highest BCUT2D eigenvalue weighted by atomic mass is 79.9. The van der Waals surface area contributed by atoms with Crippen molar-refractivity contribution in [3.63, 3.8) is 0 Å². The van der Waals surface area contributed by atoms with E-state index in [0.29, 0.717) is 6.42 Å². The Labute approximate surface area is 64.5 Å². The maximum Gasteiger partial charge on any atom is 0.317 e. The fourth-order valence-corrected chi connectivity index (χ4v) is 1.52. The number of halogens is 2. The first-order valence-corrected chi connectivity index (χ1v) is 4.15. The first-order chi connectivity index (χ1) is 3.68. The van der Waals surface area contributed by atoms with Crippen LogP contribution < -0.4 is 0 Å². The summed E-state index contributed by atoms with van der Waals surface area (Å²) >= 11 is 6.10. The van der Waals surface area contributed by atoms with Crippen molar-refractivity contribution < 1.29 is 9.90 Å². The highest BCUT2D eigenvalue weighted by molar-refractivity contribution is 9.10. The van der Waals surface area contributed by atoms with Crippen molar-refractivity contribution in [2.24, 2.45) is 0 Å². The van der Waals surface area contributed by atoms with Crippen LogP contribution in [0, 0.1) is 0 Å². The molecule has 48 valence electrons. The average molecular weight is 246 g/mol. The van der Waals surface area contributed by atoms with Gasteiger partial charge in [-0.1, -0.05) is 31.9 Å². The molecule has 0 spiro atoms. The zero-order valence-corrected chi connectivity index (χ0v) is 7.27. The molecule has 0 aromatic rings. The van der Waals surface area contributed by atoms with Crippen molar-refractivity contribution in [3.05, 3.63) is 0 Å². The molecule has 0 radical (unpaired) electrons. The Morgan fingerprint density at radius 1 is 1.75 bits per heavy atom. The second kappa shape index (κ2) is 4.32. The van der Waals surface area contributed by atoms with E-state index < -0.39 is 10.8 Å². The van der Waals surface area contributed by atoms with Gasteiger partial charge in [0.2, 0.25) is 0 Å². The molecule has 0 heterocycles. The van der Waals surface area contributed by atoms with Crippen LogP contribution in [0.4, 0.5) is 0 Å². The molecule has 0 amide bonds. The summed E-state index contributed by atoms with van der Waals surface area (Å²) in [5, 5.41) is 8.96. The lowest BCUT2D eigenvalue weighted by atomic mass is 10.3. The summed E-state index contributed by atoms with van der Waals surface area (Å²) in [4.78, 5) is 9.62. The minimum absolute atomic E-state index is 0.401. The summed E-state index contributed by atoms with van der Waals surface area (Å²) in [6, 6.07) is 0. The van der Waals surface area contributed by atoms with Crippen LogP contribution in [-0.4, -0.2) is 21.2 Å². The highest BCUT2D eigenvalue weighted by Crippen LogP contribution is 2.05. The van der Waals surface area contributed by atoms with Gasteiger partial charge in [-0.15, -0.1) is 0 Å². The lowest BCUT2D eigenvalue weighted by Crippen LogP contribution is -2.12. The number of rotatable bonds is 3. The van der Waals surface area contributed by atoms with E-state index in [9.17, 15) is 4.79 Å². The van der Waals surface area contributed by atoms with Gasteiger partial charge in [-0.05, 0) is 6.42 Å². The van der Waals surface area contributed by atoms with Gasteiger partial charge in [-0.25, -0.2) is 0 Å². The molecule has 1 N–H and O–H groups in total. The van der Waals surface area contributed by atoms with Crippen molar-refractivity contribution in [2.45, 2.75) is 11.2 Å². The molecule has 0 aromatic heterocycles. The molecule has 8 heavy (non-hydrogen) atoms. The standard InChI is InChI=1S/C4H6Br2O2/c5-2-1-3(6)4(7)8/h3H,1-2H2,(H,7,8). The van der Waals surface area contributed by atoms with Crippen molar-refractivity contribution >= 4 is 37.8 Å². The molecule has 0 bridgehead atoms. The van der Waals surface area contributed by atoms with Gasteiger partial charge in [-0.2, -0.15) is 0 Å². The van der Waals surface area contributed by atoms with Gasteiger partial charge < -0.3 is 5.11 Å². The fourth-order valence-electron chi connectivity index (χ4n) is 0.219. The van der Waals surface area contributed by atoms with Crippen LogP contribution in [0.3, 0.4) is 0 Å². The molecule has 2 nitrogen and oxygen atoms in total. The lowest BCUT2D eigenvalue weighted by Gasteiger charge is -1.97. The van der Waals surface area contributed by atoms with Crippen LogP contribution in [0.5, 0.6) is 0 Å². The van der Waals surface area contributed by atoms with Crippen molar-refractivity contribution in [2.75, 3.05) is 5.33 Å². The van der Waals surface area contributed by atoms with Crippen molar-refractivity contribution in [3.8, 4) is 0 Å². The Balaban J connectivity index is 3.32. The van der Waals surface area contributed by atoms with E-state index in [1.54, 1.807) is 0 Å². The Hall–Kier alpha value is 0.430. The number of hydrogen-bond donors (Lipinski definition) is 1. The SMILES string of the molecule is O=C(O)C(Br)CCBr. The molecular weight excluding hydrogens is 240 g/mol. The first-order valence-electron chi connectivity index (χ1n) is 2.11. The number of alkyl halides is 2. The quantitative estimate of drug-likeness (QED) is 0.768. The molecule has 0 fully saturated rings. The maximum atomic E-state index is 10.0. The van der Waals surface area contributed by atoms with Crippen LogP contribution in [0.25, 0.3) is 0 Å². The molecule has 0 saturated heterocycles. The monoisotopic (exact) mass is 244 g/mol. The van der Waals surface area contributed by atoms with E-state index in [0.717, 1.165) is 5.33 Å². The number of hydrogen-bond acceptors (Lipinski definition) is 1. The molecular formula is C4H6Br2O2. The molecule has 0 aromatic carbocycles. The van der Waals surface area contributed by atoms with Crippen LogP contribution >= 0.6 is 31.9 Å². The second-order valence-electron chi connectivity index (χ2n) is 1.28. The normalized spacial score (nSPS) is 13.2. The second-order valence-corrected chi connectivity index (χ2v) is 3.18. The fraction of sp³-hybridized carbons (Fsp3) is 0.750. The van der Waals surface area contributed by atoms with Gasteiger partial charge in [-0.3, -0.25) is 4.79 Å². The summed E-state index contributed by atoms with van der Waals surface area (Å²) in [5.74, 6) is -0.801. The van der Waals surface area contributed by atoms with Gasteiger partial charge in [0.25, 0.3) is 0 Å². The minimum atomic E-state index is -0.801. The van der Waals surface area contributed by atoms with Crippen LogP contribution in [-0.2, 0) is 4.79 Å². The zero-order chi connectivity index (χ0) is 6.57. The van der Waals surface area contributed by atoms with Crippen molar-refractivity contribution in [1.82, 2.24) is 0 Å². The molecule has 4 heteroatoms. The molecule has 1 unspecified atom stereocenters. The number of carboxylic acids is 1. The third-order valence-corrected chi connectivity index (χ3v) is 1.94. The largest absolute Gasteiger partial charge is 0.480 e. The molecule has 0 aliphatic carbocycles. The summed E-state index contributed by atoms with van der Waals surface area (Å²) in [5.41, 5.74) is 0. The van der Waals surface area contributed by atoms with Gasteiger partial charge in [0.05, 0.1) is 0 Å². The number of aliphatic carboxylic acids is 1. The Morgan fingerprint density at radius 2 is 2.25 bits per heavy atom. The Morgan fingerprint density at radius 3 is 2.38 bits per heavy atom. The Kier molecular flexibility index (Phi) is 4.56. The molecule has 0 aliphatic heterocycles. The predicted octanol–water partition coefficient (Wildman–Crippen LogP) is 1.62. The minimum Gasteiger partial charge on any atom is -0.480 e. The molecule has 1 atom stereocenters. The summed E-state index contributed by atoms with van der Waals surface area (Å²) in [7, 11) is 0. The smallest absolute Gasteiger partial charge is 0.317 e. The van der Waals surface area contributed by atoms with E-state index >= 15 is 0 Å². The highest BCUT2D eigenvalue weighted by Gasteiger charge is 2.10. The van der Waals surface area contributed by atoms with Gasteiger partial charge >= 0.3 is 5.97 Å². The van der Waals surface area contributed by atoms with Gasteiger partial charge in [0.15, 0.2) is 0 Å². The van der Waals surface area contributed by atoms with Crippen LogP contribution in [0.2, 0.25) is 0 Å². The van der Waals surface area contributed by atoms with E-state index in [1.807, 2.05) is 0 Å². The first kappa shape index (κ1) is 8.43. The topological polar surface area (TPSA) is 37.3 Å². The van der Waals surface area contributed by atoms with E-state index in [1.165, 1.54) is 0 Å². The Bertz CT molecular complexity index is 84.1. The molecule has 0 rings (SSSR count).